The van der Waals surface area contributed by atoms with E-state index >= 15 is 0 Å². The highest BCUT2D eigenvalue weighted by molar-refractivity contribution is 7.95. The standard InChI is InChI=1S/C55H62N3O6P/c1-2-58(40-53(59)56-35-36-65(46-21-13-8-14-22-46,47-23-15-9-16-24-47)48-25-17-10-18-26-48)43-29-28-42-38-49(55(61)64-51(42)39-43)54(60)57-34-33-41-27-32-50-52(37-41)63-45-20-12-7-5-3-4-6-11-19-44(62-50)30-31-45/h8-10,13-18,21-29,32,37-39,44-45H,2-7,11-12,19-20,30-31,33-36,40H2,1H3,(H-,56,57,59,60)/p+1. The van der Waals surface area contributed by atoms with E-state index in [4.69, 9.17) is 13.9 Å². The Morgan fingerprint density at radius 1 is 0.631 bits per heavy atom. The Hall–Kier alpha value is -5.92. The molecule has 2 amide bonds. The van der Waals surface area contributed by atoms with Gasteiger partial charge in [-0.15, -0.1) is 0 Å². The van der Waals surface area contributed by atoms with E-state index in [0.717, 1.165) is 54.6 Å². The van der Waals surface area contributed by atoms with Crippen LogP contribution in [0.25, 0.3) is 11.0 Å². The molecule has 1 fully saturated rings. The average molecular weight is 893 g/mol. The van der Waals surface area contributed by atoms with Crippen LogP contribution in [0.2, 0.25) is 0 Å². The topological polar surface area (TPSA) is 110 Å². The first-order valence-electron chi connectivity index (χ1n) is 23.8. The van der Waals surface area contributed by atoms with E-state index in [-0.39, 0.29) is 30.2 Å². The molecule has 1 saturated carbocycles. The highest BCUT2D eigenvalue weighted by Gasteiger charge is 2.44. The molecule has 2 atom stereocenters. The van der Waals surface area contributed by atoms with Gasteiger partial charge in [0.15, 0.2) is 11.5 Å². The summed E-state index contributed by atoms with van der Waals surface area (Å²) in [7, 11) is -2.10. The molecule has 1 aliphatic heterocycles. The minimum absolute atomic E-state index is 0.0508. The van der Waals surface area contributed by atoms with Gasteiger partial charge in [0, 0.05) is 30.2 Å². The van der Waals surface area contributed by atoms with Gasteiger partial charge in [-0.25, -0.2) is 4.79 Å². The second-order valence-corrected chi connectivity index (χ2v) is 21.1. The fourth-order valence-corrected chi connectivity index (χ4v) is 13.7. The fraction of sp³-hybridized carbons (Fsp3) is 0.364. The second kappa shape index (κ2) is 22.3. The van der Waals surface area contributed by atoms with Crippen LogP contribution in [0.15, 0.2) is 143 Å². The minimum Gasteiger partial charge on any atom is -0.487 e. The molecule has 5 aromatic carbocycles. The molecule has 2 aliphatic rings. The van der Waals surface area contributed by atoms with Crippen LogP contribution in [-0.4, -0.2) is 56.4 Å². The molecule has 2 bridgehead atoms. The molecule has 1 aliphatic carbocycles. The summed E-state index contributed by atoms with van der Waals surface area (Å²) < 4.78 is 18.8. The number of carbonyl (C=O) groups excluding carboxylic acids is 2. The first kappa shape index (κ1) is 45.6. The van der Waals surface area contributed by atoms with Gasteiger partial charge in [-0.3, -0.25) is 9.59 Å². The van der Waals surface area contributed by atoms with Crippen LogP contribution < -0.4 is 46.5 Å². The number of carbonyl (C=O) groups is 2. The molecule has 0 radical (unpaired) electrons. The normalized spacial score (nSPS) is 16.8. The van der Waals surface area contributed by atoms with Gasteiger partial charge < -0.3 is 29.4 Å². The molecule has 2 N–H and O–H groups in total. The minimum atomic E-state index is -2.10. The summed E-state index contributed by atoms with van der Waals surface area (Å²) in [5.74, 6) is 0.999. The van der Waals surface area contributed by atoms with Gasteiger partial charge in [-0.05, 0) is 124 Å². The molecule has 2 unspecified atom stereocenters. The van der Waals surface area contributed by atoms with Crippen molar-refractivity contribution in [1.82, 2.24) is 10.6 Å². The van der Waals surface area contributed by atoms with Crippen molar-refractivity contribution in [2.24, 2.45) is 0 Å². The van der Waals surface area contributed by atoms with Gasteiger partial charge in [0.25, 0.3) is 5.91 Å². The van der Waals surface area contributed by atoms with Gasteiger partial charge in [-0.1, -0.05) is 92.8 Å². The number of nitrogens with zero attached hydrogens (tertiary/aromatic N) is 1. The Labute approximate surface area is 384 Å². The van der Waals surface area contributed by atoms with Crippen LogP contribution in [0.5, 0.6) is 11.5 Å². The molecule has 1 aromatic heterocycles. The van der Waals surface area contributed by atoms with Crippen molar-refractivity contribution in [3.05, 3.63) is 155 Å². The first-order chi connectivity index (χ1) is 31.9. The summed E-state index contributed by atoms with van der Waals surface area (Å²) in [6, 6.07) is 45.1. The molecule has 8 rings (SSSR count). The number of nitrogens with one attached hydrogen (secondary N) is 2. The van der Waals surface area contributed by atoms with Crippen molar-refractivity contribution in [3.8, 4) is 11.5 Å². The summed E-state index contributed by atoms with van der Waals surface area (Å²) in [6.45, 7) is 3.51. The number of rotatable bonds is 14. The SMILES string of the molecule is CCN(CC(=O)NCC[P+](c1ccccc1)(c1ccccc1)c1ccccc1)c1ccc2cc(C(=O)NCCc3ccc4c(c3)OC3CCCCCCCCCC(CC3)O4)c(=O)oc2c1. The molecule has 10 heteroatoms. The quantitative estimate of drug-likeness (QED) is 0.0829. The van der Waals surface area contributed by atoms with Gasteiger partial charge in [0.05, 0.1) is 31.5 Å². The second-order valence-electron chi connectivity index (χ2n) is 17.5. The van der Waals surface area contributed by atoms with E-state index in [1.165, 1.54) is 60.9 Å². The molecular weight excluding hydrogens is 830 g/mol. The lowest BCUT2D eigenvalue weighted by Crippen LogP contribution is -2.41. The highest BCUT2D eigenvalue weighted by atomic mass is 31.2. The summed E-state index contributed by atoms with van der Waals surface area (Å²) >= 11 is 0. The van der Waals surface area contributed by atoms with Gasteiger partial charge in [0.2, 0.25) is 5.91 Å². The average Bonchev–Trinajstić information content (AvgIpc) is 3.34. The van der Waals surface area contributed by atoms with Gasteiger partial charge in [0.1, 0.15) is 34.3 Å². The van der Waals surface area contributed by atoms with Crippen molar-refractivity contribution in [2.75, 3.05) is 37.2 Å². The number of amides is 2. The van der Waals surface area contributed by atoms with E-state index in [2.05, 4.69) is 89.5 Å². The number of hydrogen-bond acceptors (Lipinski definition) is 7. The molecule has 2 heterocycles. The summed E-state index contributed by atoms with van der Waals surface area (Å²) in [6.07, 6.45) is 14.7. The number of anilines is 1. The lowest BCUT2D eigenvalue weighted by molar-refractivity contribution is -0.119. The third kappa shape index (κ3) is 11.5. The van der Waals surface area contributed by atoms with Crippen LogP contribution in [0.3, 0.4) is 0 Å². The smallest absolute Gasteiger partial charge is 0.349 e. The zero-order valence-electron chi connectivity index (χ0n) is 37.7. The summed E-state index contributed by atoms with van der Waals surface area (Å²) in [5.41, 5.74) is 1.35. The predicted octanol–water partition coefficient (Wildman–Crippen LogP) is 9.52. The van der Waals surface area contributed by atoms with E-state index < -0.39 is 18.8 Å². The molecule has 0 saturated heterocycles. The summed E-state index contributed by atoms with van der Waals surface area (Å²) in [4.78, 5) is 42.2. The fourth-order valence-electron chi connectivity index (χ4n) is 9.51. The van der Waals surface area contributed by atoms with Crippen molar-refractivity contribution in [2.45, 2.75) is 96.2 Å². The molecule has 6 aromatic rings. The Balaban J connectivity index is 0.888. The van der Waals surface area contributed by atoms with Crippen molar-refractivity contribution in [3.63, 3.8) is 0 Å². The van der Waals surface area contributed by atoms with Crippen LogP contribution >= 0.6 is 7.26 Å². The maximum Gasteiger partial charge on any atom is 0.349 e. The highest BCUT2D eigenvalue weighted by Crippen LogP contribution is 2.54. The molecule has 65 heavy (non-hydrogen) atoms. The monoisotopic (exact) mass is 892 g/mol. The lowest BCUT2D eigenvalue weighted by Gasteiger charge is -2.29. The van der Waals surface area contributed by atoms with Crippen molar-refractivity contribution >= 4 is 51.6 Å². The van der Waals surface area contributed by atoms with Crippen molar-refractivity contribution < 1.29 is 23.5 Å². The summed E-state index contributed by atoms with van der Waals surface area (Å²) in [5, 5.41) is 10.6. The van der Waals surface area contributed by atoms with Crippen LogP contribution in [-0.2, 0) is 11.2 Å². The largest absolute Gasteiger partial charge is 0.487 e. The van der Waals surface area contributed by atoms with E-state index in [1.807, 2.05) is 54.3 Å². The van der Waals surface area contributed by atoms with Crippen LogP contribution in [0.1, 0.15) is 93.5 Å². The van der Waals surface area contributed by atoms with E-state index in [9.17, 15) is 14.4 Å². The lowest BCUT2D eigenvalue weighted by atomic mass is 10.0. The molecule has 9 nitrogen and oxygen atoms in total. The maximum absolute atomic E-state index is 13.6. The van der Waals surface area contributed by atoms with Gasteiger partial charge >= 0.3 is 5.63 Å². The molecule has 0 spiro atoms. The van der Waals surface area contributed by atoms with Gasteiger partial charge in [-0.2, -0.15) is 0 Å². The number of likely N-dealkylation sites (N-methyl/N-ethyl adjacent to an activating group) is 1. The number of benzene rings is 5. The number of fused-ring (bicyclic) bond motifs is 5. The molecular formula is C55H63N3O6P+. The van der Waals surface area contributed by atoms with E-state index in [0.29, 0.717) is 37.0 Å². The van der Waals surface area contributed by atoms with E-state index in [1.54, 1.807) is 12.1 Å². The number of hydrogen-bond donors (Lipinski definition) is 2. The third-order valence-electron chi connectivity index (χ3n) is 13.1. The Morgan fingerprint density at radius 2 is 1.22 bits per heavy atom. The molecule has 338 valence electrons. The van der Waals surface area contributed by atoms with Crippen molar-refractivity contribution in [1.29, 1.82) is 0 Å². The first-order valence-corrected chi connectivity index (χ1v) is 25.8. The maximum atomic E-state index is 13.6. The van der Waals surface area contributed by atoms with Crippen LogP contribution in [0, 0.1) is 0 Å². The Kier molecular flexibility index (Phi) is 15.7. The number of ether oxygens (including phenoxy) is 2. The third-order valence-corrected chi connectivity index (χ3v) is 17.5. The Morgan fingerprint density at radius 3 is 1.82 bits per heavy atom. The zero-order chi connectivity index (χ0) is 44.9. The zero-order valence-corrected chi connectivity index (χ0v) is 38.6. The van der Waals surface area contributed by atoms with Crippen LogP contribution in [0.4, 0.5) is 5.69 Å². The Bertz CT molecular complexity index is 2450. The predicted molar refractivity (Wildman–Crippen MR) is 265 cm³/mol.